The van der Waals surface area contributed by atoms with Crippen LogP contribution in [0, 0.1) is 11.8 Å². The fourth-order valence-electron chi connectivity index (χ4n) is 2.58. The normalized spacial score (nSPS) is 33.2. The van der Waals surface area contributed by atoms with Crippen LogP contribution >= 0.6 is 0 Å². The summed E-state index contributed by atoms with van der Waals surface area (Å²) in [5.74, 6) is -0.843. The number of nitrogens with zero attached hydrogens (tertiary/aromatic N) is 1. The lowest BCUT2D eigenvalue weighted by atomic mass is 9.95. The summed E-state index contributed by atoms with van der Waals surface area (Å²) in [5.41, 5.74) is 5.86. The molecule has 2 atom stereocenters. The Morgan fingerprint density at radius 1 is 1.18 bits per heavy atom. The van der Waals surface area contributed by atoms with E-state index in [0.29, 0.717) is 26.3 Å². The van der Waals surface area contributed by atoms with E-state index in [0.717, 1.165) is 6.54 Å². The summed E-state index contributed by atoms with van der Waals surface area (Å²) in [6.07, 6.45) is -3.60. The Morgan fingerprint density at radius 2 is 1.82 bits per heavy atom. The Bertz CT molecular complexity index is 252. The van der Waals surface area contributed by atoms with Crippen molar-refractivity contribution in [3.63, 3.8) is 0 Å². The van der Waals surface area contributed by atoms with Gasteiger partial charge >= 0.3 is 6.18 Å². The molecule has 2 N–H and O–H groups in total. The van der Waals surface area contributed by atoms with E-state index in [9.17, 15) is 13.2 Å². The SMILES string of the molecule is NC1COCC1CN1CCC(C(F)(F)F)CC1. The van der Waals surface area contributed by atoms with Gasteiger partial charge in [0.15, 0.2) is 0 Å². The molecule has 0 aliphatic carbocycles. The average molecular weight is 252 g/mol. The monoisotopic (exact) mass is 252 g/mol. The standard InChI is InChI=1S/C11H19F3N2O/c12-11(13,14)9-1-3-16(4-2-9)5-8-6-17-7-10(8)15/h8-10H,1-7,15H2. The van der Waals surface area contributed by atoms with E-state index >= 15 is 0 Å². The van der Waals surface area contributed by atoms with Crippen LogP contribution in [0.15, 0.2) is 0 Å². The van der Waals surface area contributed by atoms with Crippen molar-refractivity contribution in [1.29, 1.82) is 0 Å². The lowest BCUT2D eigenvalue weighted by Gasteiger charge is -2.34. The van der Waals surface area contributed by atoms with Crippen LogP contribution in [-0.4, -0.2) is 50.0 Å². The first-order valence-corrected chi connectivity index (χ1v) is 6.09. The minimum absolute atomic E-state index is 0.0374. The topological polar surface area (TPSA) is 38.5 Å². The number of hydrogen-bond donors (Lipinski definition) is 1. The summed E-state index contributed by atoms with van der Waals surface area (Å²) in [7, 11) is 0. The molecule has 0 bridgehead atoms. The minimum Gasteiger partial charge on any atom is -0.379 e. The van der Waals surface area contributed by atoms with Crippen molar-refractivity contribution in [1.82, 2.24) is 4.90 Å². The number of hydrogen-bond acceptors (Lipinski definition) is 3. The zero-order valence-electron chi connectivity index (χ0n) is 9.75. The number of halogens is 3. The summed E-state index contributed by atoms with van der Waals surface area (Å²) in [6, 6.07) is 0.0374. The maximum absolute atomic E-state index is 12.5. The van der Waals surface area contributed by atoms with E-state index in [1.807, 2.05) is 0 Å². The predicted octanol–water partition coefficient (Wildman–Crippen LogP) is 1.23. The lowest BCUT2D eigenvalue weighted by molar-refractivity contribution is -0.185. The fourth-order valence-corrected chi connectivity index (χ4v) is 2.58. The third-order valence-electron chi connectivity index (χ3n) is 3.79. The molecule has 0 aromatic heterocycles. The number of nitrogens with two attached hydrogens (primary N) is 1. The second kappa shape index (κ2) is 5.12. The molecule has 2 aliphatic rings. The molecule has 2 fully saturated rings. The van der Waals surface area contributed by atoms with Crippen molar-refractivity contribution in [3.05, 3.63) is 0 Å². The van der Waals surface area contributed by atoms with Crippen molar-refractivity contribution < 1.29 is 17.9 Å². The highest BCUT2D eigenvalue weighted by molar-refractivity contribution is 4.83. The molecule has 2 aliphatic heterocycles. The molecule has 0 radical (unpaired) electrons. The Kier molecular flexibility index (Phi) is 3.95. The van der Waals surface area contributed by atoms with E-state index < -0.39 is 12.1 Å². The first-order chi connectivity index (χ1) is 7.97. The number of rotatable bonds is 2. The van der Waals surface area contributed by atoms with Crippen LogP contribution in [0.5, 0.6) is 0 Å². The van der Waals surface area contributed by atoms with Crippen molar-refractivity contribution in [2.45, 2.75) is 25.1 Å². The molecule has 100 valence electrons. The molecule has 0 amide bonds. The minimum atomic E-state index is -4.03. The predicted molar refractivity (Wildman–Crippen MR) is 57.5 cm³/mol. The second-order valence-corrected chi connectivity index (χ2v) is 5.08. The highest BCUT2D eigenvalue weighted by Crippen LogP contribution is 2.34. The van der Waals surface area contributed by atoms with E-state index in [1.165, 1.54) is 0 Å². The first kappa shape index (κ1) is 13.1. The summed E-state index contributed by atoms with van der Waals surface area (Å²) < 4.78 is 42.7. The molecule has 2 unspecified atom stereocenters. The van der Waals surface area contributed by atoms with Gasteiger partial charge in [-0.1, -0.05) is 0 Å². The van der Waals surface area contributed by atoms with Gasteiger partial charge in [-0.3, -0.25) is 0 Å². The average Bonchev–Trinajstić information content (AvgIpc) is 2.64. The van der Waals surface area contributed by atoms with Crippen LogP contribution in [-0.2, 0) is 4.74 Å². The van der Waals surface area contributed by atoms with Crippen molar-refractivity contribution >= 4 is 0 Å². The Balaban J connectivity index is 1.76. The van der Waals surface area contributed by atoms with E-state index in [4.69, 9.17) is 10.5 Å². The second-order valence-electron chi connectivity index (χ2n) is 5.08. The summed E-state index contributed by atoms with van der Waals surface area (Å²) >= 11 is 0. The maximum Gasteiger partial charge on any atom is 0.391 e. The van der Waals surface area contributed by atoms with Crippen LogP contribution in [0.4, 0.5) is 13.2 Å². The largest absolute Gasteiger partial charge is 0.391 e. The summed E-state index contributed by atoms with van der Waals surface area (Å²) in [4.78, 5) is 2.08. The number of ether oxygens (including phenoxy) is 1. The first-order valence-electron chi connectivity index (χ1n) is 6.09. The zero-order chi connectivity index (χ0) is 12.5. The number of piperidine rings is 1. The number of alkyl halides is 3. The fraction of sp³-hybridized carbons (Fsp3) is 1.00. The van der Waals surface area contributed by atoms with E-state index in [1.54, 1.807) is 0 Å². The maximum atomic E-state index is 12.5. The number of likely N-dealkylation sites (tertiary alicyclic amines) is 1. The van der Waals surface area contributed by atoms with Crippen LogP contribution in [0.1, 0.15) is 12.8 Å². The molecular weight excluding hydrogens is 233 g/mol. The third kappa shape index (κ3) is 3.33. The van der Waals surface area contributed by atoms with Crippen LogP contribution < -0.4 is 5.73 Å². The highest BCUT2D eigenvalue weighted by atomic mass is 19.4. The van der Waals surface area contributed by atoms with Gasteiger partial charge in [0, 0.05) is 18.5 Å². The summed E-state index contributed by atoms with van der Waals surface area (Å²) in [5, 5.41) is 0. The molecule has 0 saturated carbocycles. The zero-order valence-corrected chi connectivity index (χ0v) is 9.75. The molecule has 2 heterocycles. The van der Waals surface area contributed by atoms with Crippen molar-refractivity contribution in [2.75, 3.05) is 32.8 Å². The van der Waals surface area contributed by atoms with Crippen LogP contribution in [0.25, 0.3) is 0 Å². The van der Waals surface area contributed by atoms with Crippen molar-refractivity contribution in [2.24, 2.45) is 17.6 Å². The van der Waals surface area contributed by atoms with Crippen molar-refractivity contribution in [3.8, 4) is 0 Å². The Labute approximate surface area is 99.1 Å². The molecule has 0 aromatic carbocycles. The van der Waals surface area contributed by atoms with Gasteiger partial charge in [-0.2, -0.15) is 13.2 Å². The molecule has 17 heavy (non-hydrogen) atoms. The van der Waals surface area contributed by atoms with Gasteiger partial charge < -0.3 is 15.4 Å². The van der Waals surface area contributed by atoms with E-state index in [-0.39, 0.29) is 24.8 Å². The van der Waals surface area contributed by atoms with Gasteiger partial charge in [-0.15, -0.1) is 0 Å². The quantitative estimate of drug-likeness (QED) is 0.803. The lowest BCUT2D eigenvalue weighted by Crippen LogP contribution is -2.44. The van der Waals surface area contributed by atoms with Gasteiger partial charge in [0.25, 0.3) is 0 Å². The molecule has 3 nitrogen and oxygen atoms in total. The Morgan fingerprint density at radius 3 is 2.29 bits per heavy atom. The van der Waals surface area contributed by atoms with Crippen LogP contribution in [0.2, 0.25) is 0 Å². The van der Waals surface area contributed by atoms with Gasteiger partial charge in [-0.25, -0.2) is 0 Å². The van der Waals surface area contributed by atoms with Gasteiger partial charge in [0.05, 0.1) is 19.1 Å². The third-order valence-corrected chi connectivity index (χ3v) is 3.79. The van der Waals surface area contributed by atoms with Gasteiger partial charge in [0.2, 0.25) is 0 Å². The van der Waals surface area contributed by atoms with Crippen LogP contribution in [0.3, 0.4) is 0 Å². The van der Waals surface area contributed by atoms with E-state index in [2.05, 4.69) is 4.90 Å². The highest BCUT2D eigenvalue weighted by Gasteiger charge is 2.41. The Hall–Kier alpha value is -0.330. The van der Waals surface area contributed by atoms with Gasteiger partial charge in [-0.05, 0) is 25.9 Å². The smallest absolute Gasteiger partial charge is 0.379 e. The molecule has 0 aromatic rings. The molecule has 2 rings (SSSR count). The molecule has 6 heteroatoms. The molecule has 2 saturated heterocycles. The molecular formula is C11H19F3N2O. The molecule has 0 spiro atoms. The summed E-state index contributed by atoms with van der Waals surface area (Å²) in [6.45, 7) is 3.02. The van der Waals surface area contributed by atoms with Gasteiger partial charge in [0.1, 0.15) is 0 Å².